The van der Waals surface area contributed by atoms with Crippen LogP contribution in [0.5, 0.6) is 0 Å². The van der Waals surface area contributed by atoms with E-state index >= 15 is 0 Å². The lowest BCUT2D eigenvalue weighted by atomic mass is 10.1. The molecule has 6 heteroatoms. The summed E-state index contributed by atoms with van der Waals surface area (Å²) in [4.78, 5) is 0. The van der Waals surface area contributed by atoms with Crippen molar-refractivity contribution in [2.75, 3.05) is 5.75 Å². The van der Waals surface area contributed by atoms with Gasteiger partial charge in [-0.2, -0.15) is 0 Å². The second-order valence-electron chi connectivity index (χ2n) is 3.28. The van der Waals surface area contributed by atoms with E-state index in [2.05, 4.69) is 31.9 Å². The predicted octanol–water partition coefficient (Wildman–Crippen LogP) is 2.60. The van der Waals surface area contributed by atoms with Crippen molar-refractivity contribution in [2.24, 2.45) is 0 Å². The van der Waals surface area contributed by atoms with E-state index in [-0.39, 0.29) is 5.75 Å². The Morgan fingerprint density at radius 2 is 1.81 bits per heavy atom. The molecule has 0 radical (unpaired) electrons. The molecule has 1 atom stereocenters. The van der Waals surface area contributed by atoms with E-state index in [9.17, 15) is 13.5 Å². The molecule has 0 aromatic heterocycles. The summed E-state index contributed by atoms with van der Waals surface area (Å²) in [6.07, 6.45) is -1.17. The summed E-state index contributed by atoms with van der Waals surface area (Å²) in [5, 5.41) is 10.0. The highest BCUT2D eigenvalue weighted by Crippen LogP contribution is 2.44. The van der Waals surface area contributed by atoms with Crippen LogP contribution in [-0.2, 0) is 9.84 Å². The summed E-state index contributed by atoms with van der Waals surface area (Å²) < 4.78 is 22.0. The third-order valence-corrected chi connectivity index (χ3v) is 7.87. The van der Waals surface area contributed by atoms with Crippen LogP contribution in [0.3, 0.4) is 0 Å². The van der Waals surface area contributed by atoms with Crippen LogP contribution in [0, 0.1) is 0 Å². The molecular weight excluding hydrogens is 360 g/mol. The Hall–Kier alpha value is 0.0900. The summed E-state index contributed by atoms with van der Waals surface area (Å²) in [5.74, 6) is -0.0621. The molecule has 3 nitrogen and oxygen atoms in total. The molecule has 0 aliphatic rings. The van der Waals surface area contributed by atoms with Crippen molar-refractivity contribution in [2.45, 2.75) is 15.6 Å². The number of hydrogen-bond donors (Lipinski definition) is 1. The average molecular weight is 372 g/mol. The molecule has 0 spiro atoms. The largest absolute Gasteiger partial charge is 0.385 e. The van der Waals surface area contributed by atoms with Crippen molar-refractivity contribution in [3.8, 4) is 0 Å². The molecule has 0 aliphatic heterocycles. The fraction of sp³-hybridized carbons (Fsp3) is 0.400. The van der Waals surface area contributed by atoms with Gasteiger partial charge in [0.15, 0.2) is 9.84 Å². The minimum atomic E-state index is -3.46. The molecule has 1 aromatic carbocycles. The number of aliphatic hydroxyl groups is 1. The van der Waals surface area contributed by atoms with Crippen molar-refractivity contribution in [1.29, 1.82) is 0 Å². The fourth-order valence-corrected chi connectivity index (χ4v) is 3.96. The van der Waals surface area contributed by atoms with Gasteiger partial charge in [-0.05, 0) is 5.56 Å². The minimum absolute atomic E-state index is 0.0621. The third-order valence-electron chi connectivity index (χ3n) is 2.23. The van der Waals surface area contributed by atoms with E-state index in [0.29, 0.717) is 5.56 Å². The standard InChI is InChI=1S/C10H12Br2O3S/c1-2-16(14,15)10(11,12)9(13)8-6-4-3-5-7-8/h3-7,9,13H,2H2,1H3/t9-/m1/s1. The Balaban J connectivity index is 3.11. The molecule has 0 heterocycles. The van der Waals surface area contributed by atoms with E-state index in [1.807, 2.05) is 0 Å². The minimum Gasteiger partial charge on any atom is -0.385 e. The van der Waals surface area contributed by atoms with Crippen LogP contribution < -0.4 is 0 Å². The lowest BCUT2D eigenvalue weighted by molar-refractivity contribution is 0.189. The Kier molecular flexibility index (Phi) is 4.57. The molecule has 90 valence electrons. The van der Waals surface area contributed by atoms with Gasteiger partial charge < -0.3 is 5.11 Å². The SMILES string of the molecule is CCS(=O)(=O)C(Br)(Br)[C@H](O)c1ccccc1. The van der Waals surface area contributed by atoms with Gasteiger partial charge in [0.2, 0.25) is 2.57 Å². The van der Waals surface area contributed by atoms with Gasteiger partial charge in [-0.1, -0.05) is 69.1 Å². The highest BCUT2D eigenvalue weighted by molar-refractivity contribution is 9.28. The maximum Gasteiger partial charge on any atom is 0.210 e. The Morgan fingerprint density at radius 1 is 1.31 bits per heavy atom. The zero-order valence-electron chi connectivity index (χ0n) is 8.60. The van der Waals surface area contributed by atoms with Gasteiger partial charge in [-0.15, -0.1) is 0 Å². The molecule has 0 fully saturated rings. The van der Waals surface area contributed by atoms with Crippen molar-refractivity contribution in [1.82, 2.24) is 0 Å². The van der Waals surface area contributed by atoms with E-state index in [4.69, 9.17) is 0 Å². The first kappa shape index (κ1) is 14.2. The van der Waals surface area contributed by atoms with Crippen LogP contribution in [0.25, 0.3) is 0 Å². The van der Waals surface area contributed by atoms with Gasteiger partial charge >= 0.3 is 0 Å². The first-order valence-electron chi connectivity index (χ1n) is 4.66. The number of aliphatic hydroxyl groups excluding tert-OH is 1. The van der Waals surface area contributed by atoms with Gasteiger partial charge in [0.25, 0.3) is 0 Å². The normalized spacial score (nSPS) is 14.8. The fourth-order valence-electron chi connectivity index (χ4n) is 1.19. The first-order chi connectivity index (χ1) is 7.33. The van der Waals surface area contributed by atoms with E-state index in [1.165, 1.54) is 6.92 Å². The lowest BCUT2D eigenvalue weighted by Crippen LogP contribution is -2.33. The van der Waals surface area contributed by atoms with Gasteiger partial charge in [0.05, 0.1) is 0 Å². The van der Waals surface area contributed by atoms with Gasteiger partial charge in [0.1, 0.15) is 6.10 Å². The van der Waals surface area contributed by atoms with E-state index < -0.39 is 18.5 Å². The smallest absolute Gasteiger partial charge is 0.210 e. The predicted molar refractivity (Wildman–Crippen MR) is 71.4 cm³/mol. The monoisotopic (exact) mass is 370 g/mol. The number of rotatable bonds is 4. The first-order valence-corrected chi connectivity index (χ1v) is 7.90. The Labute approximate surface area is 112 Å². The molecule has 1 N–H and O–H groups in total. The van der Waals surface area contributed by atoms with Crippen molar-refractivity contribution in [3.05, 3.63) is 35.9 Å². The maximum absolute atomic E-state index is 11.8. The second-order valence-corrected chi connectivity index (χ2v) is 10.3. The quantitative estimate of drug-likeness (QED) is 0.827. The molecule has 0 aliphatic carbocycles. The molecular formula is C10H12Br2O3S. The Bertz CT molecular complexity index is 442. The molecule has 0 bridgehead atoms. The summed E-state index contributed by atoms with van der Waals surface area (Å²) in [5.41, 5.74) is 0.535. The maximum atomic E-state index is 11.8. The van der Waals surface area contributed by atoms with Crippen LogP contribution in [0.4, 0.5) is 0 Å². The van der Waals surface area contributed by atoms with Crippen LogP contribution >= 0.6 is 31.9 Å². The van der Waals surface area contributed by atoms with Crippen LogP contribution in [0.1, 0.15) is 18.6 Å². The van der Waals surface area contributed by atoms with Crippen molar-refractivity contribution in [3.63, 3.8) is 0 Å². The second kappa shape index (κ2) is 5.16. The number of benzene rings is 1. The number of halogens is 2. The summed E-state index contributed by atoms with van der Waals surface area (Å²) in [6, 6.07) is 8.63. The molecule has 16 heavy (non-hydrogen) atoms. The van der Waals surface area contributed by atoms with Crippen LogP contribution in [-0.4, -0.2) is 21.8 Å². The van der Waals surface area contributed by atoms with Gasteiger partial charge in [-0.25, -0.2) is 8.42 Å². The van der Waals surface area contributed by atoms with Gasteiger partial charge in [-0.3, -0.25) is 0 Å². The number of sulfone groups is 1. The lowest BCUT2D eigenvalue weighted by Gasteiger charge is -2.26. The van der Waals surface area contributed by atoms with Gasteiger partial charge in [0, 0.05) is 5.75 Å². The summed E-state index contributed by atoms with van der Waals surface area (Å²) >= 11 is 6.09. The van der Waals surface area contributed by atoms with E-state index in [1.54, 1.807) is 30.3 Å². The zero-order valence-corrected chi connectivity index (χ0v) is 12.6. The summed E-state index contributed by atoms with van der Waals surface area (Å²) in [7, 11) is -3.46. The zero-order chi connectivity index (χ0) is 12.4. The molecule has 1 rings (SSSR count). The third kappa shape index (κ3) is 2.67. The topological polar surface area (TPSA) is 54.4 Å². The Morgan fingerprint density at radius 3 is 2.25 bits per heavy atom. The molecule has 0 amide bonds. The van der Waals surface area contributed by atoms with Crippen LogP contribution in [0.2, 0.25) is 0 Å². The molecule has 0 saturated carbocycles. The molecule has 0 unspecified atom stereocenters. The molecule has 0 saturated heterocycles. The van der Waals surface area contributed by atoms with Crippen molar-refractivity contribution < 1.29 is 13.5 Å². The highest BCUT2D eigenvalue weighted by atomic mass is 79.9. The number of hydrogen-bond acceptors (Lipinski definition) is 3. The van der Waals surface area contributed by atoms with Crippen LogP contribution in [0.15, 0.2) is 30.3 Å². The molecule has 1 aromatic rings. The van der Waals surface area contributed by atoms with Crippen molar-refractivity contribution >= 4 is 41.7 Å². The average Bonchev–Trinajstić information content (AvgIpc) is 2.29. The number of alkyl halides is 2. The highest BCUT2D eigenvalue weighted by Gasteiger charge is 2.45. The van der Waals surface area contributed by atoms with E-state index in [0.717, 1.165) is 0 Å². The summed E-state index contributed by atoms with van der Waals surface area (Å²) in [6.45, 7) is 1.53.